The maximum atomic E-state index is 5.17. The van der Waals surface area contributed by atoms with Gasteiger partial charge in [0.25, 0.3) is 0 Å². The van der Waals surface area contributed by atoms with Crippen LogP contribution in [0.3, 0.4) is 0 Å². The zero-order valence-electron chi connectivity index (χ0n) is 21.9. The number of nitrogens with zero attached hydrogens (tertiary/aromatic N) is 5. The van der Waals surface area contributed by atoms with Gasteiger partial charge in [-0.15, -0.1) is 0 Å². The van der Waals surface area contributed by atoms with Crippen LogP contribution in [0.5, 0.6) is 0 Å². The molecule has 9 aromatic rings. The number of fused-ring (bicyclic) bond motifs is 16. The van der Waals surface area contributed by atoms with Crippen molar-refractivity contribution in [2.24, 2.45) is 0 Å². The molecule has 10 rings (SSSR count). The Morgan fingerprint density at radius 3 is 2.34 bits per heavy atom. The quantitative estimate of drug-likeness (QED) is 0.204. The van der Waals surface area contributed by atoms with Crippen molar-refractivity contribution in [2.45, 2.75) is 6.42 Å². The smallest absolute Gasteiger partial charge is 0.146 e. The highest BCUT2D eigenvalue weighted by atomic mass is 15.0. The molecule has 5 heterocycles. The monoisotopic (exact) mass is 523 g/mol. The van der Waals surface area contributed by atoms with E-state index < -0.39 is 0 Å². The van der Waals surface area contributed by atoms with E-state index in [1.807, 2.05) is 24.8 Å². The van der Waals surface area contributed by atoms with Crippen LogP contribution in [0.1, 0.15) is 11.1 Å². The molecule has 0 unspecified atom stereocenters. The summed E-state index contributed by atoms with van der Waals surface area (Å²) in [5.41, 5.74) is 13.0. The molecule has 5 nitrogen and oxygen atoms in total. The van der Waals surface area contributed by atoms with Crippen LogP contribution in [0.4, 0.5) is 0 Å². The molecule has 0 atom stereocenters. The number of hydrogen-bond donors (Lipinski definition) is 0. The van der Waals surface area contributed by atoms with Gasteiger partial charge in [0.15, 0.2) is 0 Å². The average Bonchev–Trinajstić information content (AvgIpc) is 3.71. The Labute approximate surface area is 234 Å². The lowest BCUT2D eigenvalue weighted by molar-refractivity contribution is 1.18. The highest BCUT2D eigenvalue weighted by molar-refractivity contribution is 6.20. The Balaban J connectivity index is 1.40. The van der Waals surface area contributed by atoms with Gasteiger partial charge in [-0.2, -0.15) is 0 Å². The van der Waals surface area contributed by atoms with Crippen LogP contribution < -0.4 is 0 Å². The third-order valence-electron chi connectivity index (χ3n) is 8.90. The first-order valence-electron chi connectivity index (χ1n) is 13.9. The molecule has 4 aromatic carbocycles. The molecule has 1 aliphatic carbocycles. The third kappa shape index (κ3) is 2.63. The summed E-state index contributed by atoms with van der Waals surface area (Å²) in [5, 5.41) is 6.08. The van der Waals surface area contributed by atoms with Crippen LogP contribution >= 0.6 is 0 Å². The fourth-order valence-corrected chi connectivity index (χ4v) is 7.26. The Morgan fingerprint density at radius 2 is 1.41 bits per heavy atom. The van der Waals surface area contributed by atoms with Crippen LogP contribution in [0.25, 0.3) is 77.0 Å². The molecular formula is C36H21N5. The first-order valence-corrected chi connectivity index (χ1v) is 13.9. The molecule has 190 valence electrons. The highest BCUT2D eigenvalue weighted by Crippen LogP contribution is 2.48. The first kappa shape index (κ1) is 21.3. The lowest BCUT2D eigenvalue weighted by Crippen LogP contribution is -1.96. The number of para-hydroxylation sites is 2. The molecule has 41 heavy (non-hydrogen) atoms. The molecule has 5 aromatic heterocycles. The number of hydrogen-bond acceptors (Lipinski definition) is 3. The topological polar surface area (TPSA) is 48.0 Å². The summed E-state index contributed by atoms with van der Waals surface area (Å²) < 4.78 is 4.73. The Bertz CT molecular complexity index is 2550. The molecule has 0 bridgehead atoms. The minimum absolute atomic E-state index is 0.858. The third-order valence-corrected chi connectivity index (χ3v) is 8.90. The summed E-state index contributed by atoms with van der Waals surface area (Å²) in [6.07, 6.45) is 8.42. The van der Waals surface area contributed by atoms with Gasteiger partial charge in [-0.25, -0.2) is 4.98 Å². The van der Waals surface area contributed by atoms with Gasteiger partial charge in [0.05, 0.1) is 28.3 Å². The second-order valence-corrected chi connectivity index (χ2v) is 10.9. The van der Waals surface area contributed by atoms with E-state index in [2.05, 4.69) is 110 Å². The summed E-state index contributed by atoms with van der Waals surface area (Å²) in [6, 6.07) is 32.9. The van der Waals surface area contributed by atoms with Gasteiger partial charge in [0.1, 0.15) is 11.2 Å². The molecular weight excluding hydrogens is 502 g/mol. The fourth-order valence-electron chi connectivity index (χ4n) is 7.26. The predicted molar refractivity (Wildman–Crippen MR) is 166 cm³/mol. The van der Waals surface area contributed by atoms with Crippen molar-refractivity contribution in [3.05, 3.63) is 127 Å². The molecule has 0 aliphatic heterocycles. The van der Waals surface area contributed by atoms with E-state index in [1.54, 1.807) is 0 Å². The van der Waals surface area contributed by atoms with E-state index in [-0.39, 0.29) is 0 Å². The molecule has 0 saturated heterocycles. The Morgan fingerprint density at radius 1 is 0.610 bits per heavy atom. The van der Waals surface area contributed by atoms with Crippen molar-refractivity contribution in [1.29, 1.82) is 0 Å². The minimum Gasteiger partial charge on any atom is -0.309 e. The molecule has 0 spiro atoms. The summed E-state index contributed by atoms with van der Waals surface area (Å²) in [6.45, 7) is 0. The number of aromatic nitrogens is 5. The van der Waals surface area contributed by atoms with Gasteiger partial charge in [-0.05, 0) is 58.8 Å². The number of rotatable bonds is 1. The Kier molecular flexibility index (Phi) is 3.92. The van der Waals surface area contributed by atoms with Gasteiger partial charge in [0, 0.05) is 51.4 Å². The molecule has 0 amide bonds. The lowest BCUT2D eigenvalue weighted by atomic mass is 9.97. The second-order valence-electron chi connectivity index (χ2n) is 10.9. The fraction of sp³-hybridized carbons (Fsp3) is 0.0278. The van der Waals surface area contributed by atoms with Crippen molar-refractivity contribution in [2.75, 3.05) is 0 Å². The van der Waals surface area contributed by atoms with Crippen LogP contribution in [0, 0.1) is 0 Å². The van der Waals surface area contributed by atoms with E-state index >= 15 is 0 Å². The molecule has 0 fully saturated rings. The van der Waals surface area contributed by atoms with Crippen LogP contribution in [-0.2, 0) is 6.42 Å². The SMILES string of the molecule is c1ccc(-n2c3ccccc3c3ccc4c(c32)-c2ccc3c5cnccc5n5c6ccncc6nc5c3c2C4)cc1. The Hall–Kier alpha value is -5.55. The van der Waals surface area contributed by atoms with Gasteiger partial charge in [0.2, 0.25) is 0 Å². The zero-order chi connectivity index (χ0) is 26.7. The van der Waals surface area contributed by atoms with Gasteiger partial charge < -0.3 is 4.57 Å². The highest BCUT2D eigenvalue weighted by Gasteiger charge is 2.28. The number of benzene rings is 4. The summed E-state index contributed by atoms with van der Waals surface area (Å²) in [7, 11) is 0. The van der Waals surface area contributed by atoms with E-state index in [0.29, 0.717) is 0 Å². The van der Waals surface area contributed by atoms with Crippen molar-refractivity contribution in [3.63, 3.8) is 0 Å². The lowest BCUT2D eigenvalue weighted by Gasteiger charge is -2.13. The number of imidazole rings is 1. The standard InChI is InChI=1S/C36H21N5/c1-2-6-22(7-3-1)40-30-9-5-4-8-23(30)26-11-10-21-18-27-24(33(21)35(26)40)12-13-25-28-19-37-16-14-31(28)41-32-15-17-38-20-29(32)39-36(41)34(25)27/h1-17,19-20H,18H2. The summed E-state index contributed by atoms with van der Waals surface area (Å²) >= 11 is 0. The van der Waals surface area contributed by atoms with Crippen LogP contribution in [0.2, 0.25) is 0 Å². The van der Waals surface area contributed by atoms with E-state index in [4.69, 9.17) is 4.98 Å². The van der Waals surface area contributed by atoms with Crippen molar-refractivity contribution >= 4 is 60.2 Å². The van der Waals surface area contributed by atoms with Crippen LogP contribution in [-0.4, -0.2) is 23.9 Å². The molecule has 0 radical (unpaired) electrons. The molecule has 5 heteroatoms. The van der Waals surface area contributed by atoms with E-state index in [1.165, 1.54) is 60.5 Å². The molecule has 0 N–H and O–H groups in total. The molecule has 1 aliphatic rings. The van der Waals surface area contributed by atoms with Gasteiger partial charge >= 0.3 is 0 Å². The molecule has 0 saturated carbocycles. The maximum absolute atomic E-state index is 5.17. The van der Waals surface area contributed by atoms with Crippen molar-refractivity contribution in [3.8, 4) is 16.8 Å². The maximum Gasteiger partial charge on any atom is 0.146 e. The van der Waals surface area contributed by atoms with E-state index in [9.17, 15) is 0 Å². The van der Waals surface area contributed by atoms with Gasteiger partial charge in [-0.1, -0.05) is 60.7 Å². The van der Waals surface area contributed by atoms with E-state index in [0.717, 1.165) is 34.0 Å². The van der Waals surface area contributed by atoms with Crippen molar-refractivity contribution in [1.82, 2.24) is 23.9 Å². The largest absolute Gasteiger partial charge is 0.309 e. The van der Waals surface area contributed by atoms with Crippen molar-refractivity contribution < 1.29 is 0 Å². The summed E-state index contributed by atoms with van der Waals surface area (Å²) in [5.74, 6) is 0. The average molecular weight is 524 g/mol. The first-order chi connectivity index (χ1) is 20.4. The minimum atomic E-state index is 0.858. The zero-order valence-corrected chi connectivity index (χ0v) is 21.9. The predicted octanol–water partition coefficient (Wildman–Crippen LogP) is 8.25. The second kappa shape index (κ2) is 7.55. The number of pyridine rings is 3. The van der Waals surface area contributed by atoms with Gasteiger partial charge in [-0.3, -0.25) is 14.4 Å². The van der Waals surface area contributed by atoms with Crippen LogP contribution in [0.15, 0.2) is 116 Å². The summed E-state index contributed by atoms with van der Waals surface area (Å²) in [4.78, 5) is 14.1. The normalized spacial score (nSPS) is 12.8.